The van der Waals surface area contributed by atoms with Crippen LogP contribution in [0.15, 0.2) is 45.6 Å². The molecule has 1 atom stereocenters. The Hall–Kier alpha value is -1.52. The highest BCUT2D eigenvalue weighted by atomic mass is 16.6. The highest BCUT2D eigenvalue weighted by Gasteiger charge is 2.40. The van der Waals surface area contributed by atoms with E-state index >= 15 is 0 Å². The molecule has 2 saturated heterocycles. The normalized spacial score (nSPS) is 29.4. The molecule has 0 aromatic rings. The van der Waals surface area contributed by atoms with E-state index in [4.69, 9.17) is 4.74 Å². The lowest BCUT2D eigenvalue weighted by molar-refractivity contribution is 0.125. The number of aliphatic hydroxyl groups excluding tert-OH is 1. The van der Waals surface area contributed by atoms with E-state index in [1.807, 2.05) is 0 Å². The van der Waals surface area contributed by atoms with E-state index in [0.717, 1.165) is 17.8 Å². The summed E-state index contributed by atoms with van der Waals surface area (Å²) < 4.78 is 6.09. The van der Waals surface area contributed by atoms with Gasteiger partial charge in [-0.1, -0.05) is 19.3 Å². The molecule has 4 nitrogen and oxygen atoms in total. The fraction of sp³-hybridized carbons (Fsp3) is 0.652. The first-order chi connectivity index (χ1) is 13.2. The third-order valence-electron chi connectivity index (χ3n) is 7.20. The van der Waals surface area contributed by atoms with E-state index in [1.54, 1.807) is 5.57 Å². The van der Waals surface area contributed by atoms with Crippen molar-refractivity contribution in [1.29, 1.82) is 0 Å². The number of rotatable bonds is 3. The molecule has 3 fully saturated rings. The molecule has 146 valence electrons. The van der Waals surface area contributed by atoms with Gasteiger partial charge in [0.05, 0.1) is 11.6 Å². The number of hydrogen-bond donors (Lipinski definition) is 2. The minimum absolute atomic E-state index is 0.117. The molecule has 1 unspecified atom stereocenters. The van der Waals surface area contributed by atoms with Crippen molar-refractivity contribution in [2.24, 2.45) is 0 Å². The second-order valence-corrected chi connectivity index (χ2v) is 8.86. The van der Waals surface area contributed by atoms with Gasteiger partial charge < -0.3 is 15.2 Å². The molecule has 5 aliphatic rings. The summed E-state index contributed by atoms with van der Waals surface area (Å²) in [5.41, 5.74) is 6.31. The summed E-state index contributed by atoms with van der Waals surface area (Å²) in [4.78, 5) is 2.61. The first-order valence-corrected chi connectivity index (χ1v) is 10.9. The lowest BCUT2D eigenvalue weighted by Crippen LogP contribution is -2.47. The van der Waals surface area contributed by atoms with Crippen molar-refractivity contribution in [2.45, 2.75) is 76.8 Å². The van der Waals surface area contributed by atoms with Gasteiger partial charge in [0.2, 0.25) is 0 Å². The standard InChI is InChI=1S/C23H32N2O2/c1-15-19-13-16-7-5-11-25-12-6-10-18(21(16)25)22(19)27-23(26)20(15)14-24-17-8-3-2-4-9-17/h13,17,21,24,26H,2-12,14H2,1H3. The maximum atomic E-state index is 10.7. The molecule has 3 heterocycles. The van der Waals surface area contributed by atoms with Gasteiger partial charge in [-0.15, -0.1) is 0 Å². The number of piperidine rings is 2. The third kappa shape index (κ3) is 3.07. The maximum absolute atomic E-state index is 10.7. The molecule has 1 saturated carbocycles. The van der Waals surface area contributed by atoms with Crippen LogP contribution in [0.3, 0.4) is 0 Å². The van der Waals surface area contributed by atoms with Gasteiger partial charge >= 0.3 is 0 Å². The van der Waals surface area contributed by atoms with Gasteiger partial charge in [-0.05, 0) is 81.3 Å². The Morgan fingerprint density at radius 2 is 1.89 bits per heavy atom. The quantitative estimate of drug-likeness (QED) is 0.771. The lowest BCUT2D eigenvalue weighted by Gasteiger charge is -2.46. The molecular weight excluding hydrogens is 336 g/mol. The van der Waals surface area contributed by atoms with Crippen molar-refractivity contribution in [3.63, 3.8) is 0 Å². The summed E-state index contributed by atoms with van der Waals surface area (Å²) in [7, 11) is 0. The number of nitrogens with one attached hydrogen (secondary N) is 1. The first-order valence-electron chi connectivity index (χ1n) is 10.9. The molecule has 0 aromatic carbocycles. The second kappa shape index (κ2) is 7.14. The van der Waals surface area contributed by atoms with Crippen LogP contribution >= 0.6 is 0 Å². The van der Waals surface area contributed by atoms with Crippen LogP contribution < -0.4 is 5.32 Å². The van der Waals surface area contributed by atoms with Gasteiger partial charge in [0.15, 0.2) is 0 Å². The number of allylic oxidation sites excluding steroid dienone is 1. The smallest absolute Gasteiger partial charge is 0.287 e. The van der Waals surface area contributed by atoms with Crippen molar-refractivity contribution < 1.29 is 9.84 Å². The summed E-state index contributed by atoms with van der Waals surface area (Å²) in [6.45, 7) is 5.24. The monoisotopic (exact) mass is 368 g/mol. The number of nitrogens with zero attached hydrogens (tertiary/aromatic N) is 1. The van der Waals surface area contributed by atoms with Crippen molar-refractivity contribution in [3.05, 3.63) is 45.6 Å². The van der Waals surface area contributed by atoms with E-state index in [0.29, 0.717) is 18.6 Å². The summed E-state index contributed by atoms with van der Waals surface area (Å²) in [5.74, 6) is 1.07. The Morgan fingerprint density at radius 3 is 2.70 bits per heavy atom. The van der Waals surface area contributed by atoms with Crippen LogP contribution in [0.2, 0.25) is 0 Å². The zero-order valence-corrected chi connectivity index (χ0v) is 16.5. The van der Waals surface area contributed by atoms with Gasteiger partial charge in [-0.3, -0.25) is 4.90 Å². The van der Waals surface area contributed by atoms with E-state index in [1.165, 1.54) is 81.2 Å². The fourth-order valence-electron chi connectivity index (χ4n) is 5.74. The average Bonchev–Trinajstić information content (AvgIpc) is 2.70. The zero-order chi connectivity index (χ0) is 18.4. The van der Waals surface area contributed by atoms with Gasteiger partial charge in [0.1, 0.15) is 5.76 Å². The highest BCUT2D eigenvalue weighted by Crippen LogP contribution is 2.45. The number of ether oxygens (including phenoxy) is 1. The topological polar surface area (TPSA) is 44.7 Å². The summed E-state index contributed by atoms with van der Waals surface area (Å²) in [6.07, 6.45) is 13.6. The van der Waals surface area contributed by atoms with E-state index < -0.39 is 0 Å². The fourth-order valence-corrected chi connectivity index (χ4v) is 5.74. The number of fused-ring (bicyclic) bond motifs is 1. The minimum atomic E-state index is 0.117. The van der Waals surface area contributed by atoms with Crippen molar-refractivity contribution in [2.75, 3.05) is 19.6 Å². The van der Waals surface area contributed by atoms with Crippen LogP contribution in [-0.4, -0.2) is 41.7 Å². The Morgan fingerprint density at radius 1 is 1.11 bits per heavy atom. The molecule has 3 aliphatic heterocycles. The molecule has 4 heteroatoms. The van der Waals surface area contributed by atoms with Crippen molar-refractivity contribution in [1.82, 2.24) is 10.2 Å². The summed E-state index contributed by atoms with van der Waals surface area (Å²) >= 11 is 0. The van der Waals surface area contributed by atoms with E-state index in [9.17, 15) is 5.11 Å². The second-order valence-electron chi connectivity index (χ2n) is 8.86. The third-order valence-corrected chi connectivity index (χ3v) is 7.20. The Bertz CT molecular complexity index is 750. The Balaban J connectivity index is 1.44. The summed E-state index contributed by atoms with van der Waals surface area (Å²) in [6, 6.07) is 1.00. The van der Waals surface area contributed by atoms with Gasteiger partial charge in [0.25, 0.3) is 5.95 Å². The molecule has 2 aliphatic carbocycles. The van der Waals surface area contributed by atoms with E-state index in [2.05, 4.69) is 23.2 Å². The molecule has 2 N–H and O–H groups in total. The number of hydrogen-bond acceptors (Lipinski definition) is 4. The van der Waals surface area contributed by atoms with Crippen LogP contribution in [0.5, 0.6) is 0 Å². The summed E-state index contributed by atoms with van der Waals surface area (Å²) in [5, 5.41) is 14.4. The predicted octanol–water partition coefficient (Wildman–Crippen LogP) is 4.48. The van der Waals surface area contributed by atoms with Crippen molar-refractivity contribution in [3.8, 4) is 0 Å². The van der Waals surface area contributed by atoms with Crippen LogP contribution in [-0.2, 0) is 4.74 Å². The molecule has 0 radical (unpaired) electrons. The van der Waals surface area contributed by atoms with Crippen molar-refractivity contribution >= 4 is 0 Å². The van der Waals surface area contributed by atoms with Gasteiger partial charge in [0, 0.05) is 18.2 Å². The maximum Gasteiger partial charge on any atom is 0.287 e. The van der Waals surface area contributed by atoms with Crippen LogP contribution in [0.1, 0.15) is 64.7 Å². The molecular formula is C23H32N2O2. The van der Waals surface area contributed by atoms with Crippen LogP contribution in [0.25, 0.3) is 0 Å². The largest absolute Gasteiger partial charge is 0.480 e. The molecule has 5 rings (SSSR count). The Kier molecular flexibility index (Phi) is 4.65. The predicted molar refractivity (Wildman–Crippen MR) is 107 cm³/mol. The van der Waals surface area contributed by atoms with Crippen LogP contribution in [0.4, 0.5) is 0 Å². The highest BCUT2D eigenvalue weighted by molar-refractivity contribution is 5.59. The molecule has 27 heavy (non-hydrogen) atoms. The Labute approximate surface area is 162 Å². The van der Waals surface area contributed by atoms with Crippen LogP contribution in [0, 0.1) is 0 Å². The minimum Gasteiger partial charge on any atom is -0.480 e. The van der Waals surface area contributed by atoms with Gasteiger partial charge in [-0.25, -0.2) is 0 Å². The molecule has 0 amide bonds. The number of aliphatic hydroxyl groups is 1. The lowest BCUT2D eigenvalue weighted by atomic mass is 9.77. The molecule has 0 bridgehead atoms. The first kappa shape index (κ1) is 17.6. The van der Waals surface area contributed by atoms with Gasteiger partial charge in [-0.2, -0.15) is 0 Å². The molecule has 0 aromatic heterocycles. The zero-order valence-electron chi connectivity index (χ0n) is 16.5. The SMILES string of the molecule is CC1=C2C=C3CCCN4CCCC(=C2OC(O)=C1CNC1CCCCC1)C34. The van der Waals surface area contributed by atoms with E-state index in [-0.39, 0.29) is 5.95 Å². The average molecular weight is 369 g/mol. The molecule has 0 spiro atoms.